The monoisotopic (exact) mass is 203 g/mol. The molecule has 1 amide bonds. The predicted octanol–water partition coefficient (Wildman–Crippen LogP) is -0.0157. The number of rotatable bonds is 6. The number of aliphatic hydroxyl groups is 1. The Morgan fingerprint density at radius 3 is 2.29 bits per heavy atom. The third-order valence-electron chi connectivity index (χ3n) is 1.76. The van der Waals surface area contributed by atoms with Gasteiger partial charge >= 0.3 is 5.97 Å². The van der Waals surface area contributed by atoms with E-state index >= 15 is 0 Å². The van der Waals surface area contributed by atoms with Crippen molar-refractivity contribution >= 4 is 11.9 Å². The molecule has 0 radical (unpaired) electrons. The summed E-state index contributed by atoms with van der Waals surface area (Å²) in [6, 6.07) is -1.19. The van der Waals surface area contributed by atoms with Crippen LogP contribution >= 0.6 is 0 Å². The van der Waals surface area contributed by atoms with E-state index in [1.165, 1.54) is 0 Å². The maximum atomic E-state index is 11.1. The number of aliphatic hydroxyl groups excluding tert-OH is 1. The van der Waals surface area contributed by atoms with Crippen LogP contribution < -0.4 is 5.32 Å². The molecule has 0 aromatic heterocycles. The smallest absolute Gasteiger partial charge is 0.328 e. The van der Waals surface area contributed by atoms with Crippen molar-refractivity contribution in [3.8, 4) is 0 Å². The van der Waals surface area contributed by atoms with E-state index in [4.69, 9.17) is 10.2 Å². The lowest BCUT2D eigenvalue weighted by Crippen LogP contribution is -2.43. The van der Waals surface area contributed by atoms with Crippen molar-refractivity contribution in [3.05, 3.63) is 0 Å². The number of amides is 1. The van der Waals surface area contributed by atoms with E-state index in [-0.39, 0.29) is 5.91 Å². The Bertz CT molecular complexity index is 203. The summed E-state index contributed by atoms with van der Waals surface area (Å²) in [6.45, 7) is 3.38. The first-order valence-electron chi connectivity index (χ1n) is 4.60. The molecule has 3 N–H and O–H groups in total. The highest BCUT2D eigenvalue weighted by Crippen LogP contribution is 2.03. The molecule has 0 fully saturated rings. The molecule has 14 heavy (non-hydrogen) atoms. The molecule has 1 atom stereocenters. The second-order valence-corrected chi connectivity index (χ2v) is 3.57. The van der Waals surface area contributed by atoms with Gasteiger partial charge in [0.1, 0.15) is 6.04 Å². The van der Waals surface area contributed by atoms with Crippen molar-refractivity contribution in [2.75, 3.05) is 6.61 Å². The minimum absolute atomic E-state index is 0.293. The van der Waals surface area contributed by atoms with E-state index in [9.17, 15) is 9.59 Å². The summed E-state index contributed by atoms with van der Waals surface area (Å²) >= 11 is 0. The molecule has 0 saturated carbocycles. The minimum Gasteiger partial charge on any atom is -0.480 e. The van der Waals surface area contributed by atoms with Crippen LogP contribution in [0, 0.1) is 5.92 Å². The van der Waals surface area contributed by atoms with Gasteiger partial charge in [-0.3, -0.25) is 4.79 Å². The third-order valence-corrected chi connectivity index (χ3v) is 1.76. The van der Waals surface area contributed by atoms with E-state index in [1.807, 2.05) is 13.8 Å². The Morgan fingerprint density at radius 1 is 1.36 bits per heavy atom. The molecule has 0 heterocycles. The molecule has 5 nitrogen and oxygen atoms in total. The van der Waals surface area contributed by atoms with Crippen molar-refractivity contribution in [3.63, 3.8) is 0 Å². The number of carbonyl (C=O) groups is 2. The van der Waals surface area contributed by atoms with E-state index < -0.39 is 18.6 Å². The first-order chi connectivity index (χ1) is 6.47. The zero-order valence-corrected chi connectivity index (χ0v) is 8.49. The van der Waals surface area contributed by atoms with E-state index in [0.717, 1.165) is 0 Å². The summed E-state index contributed by atoms with van der Waals surface area (Å²) < 4.78 is 0. The van der Waals surface area contributed by atoms with Gasteiger partial charge in [0.05, 0.1) is 6.61 Å². The van der Waals surface area contributed by atoms with Crippen molar-refractivity contribution in [2.24, 2.45) is 5.92 Å². The molecule has 82 valence electrons. The number of carbonyl (C=O) groups excluding carboxylic acids is 1. The topological polar surface area (TPSA) is 86.6 Å². The van der Waals surface area contributed by atoms with Crippen LogP contribution in [0.15, 0.2) is 0 Å². The second kappa shape index (κ2) is 6.37. The highest BCUT2D eigenvalue weighted by atomic mass is 16.4. The van der Waals surface area contributed by atoms with Crippen LogP contribution in [-0.4, -0.2) is 34.7 Å². The molecule has 0 bridgehead atoms. The lowest BCUT2D eigenvalue weighted by molar-refractivity contribution is -0.143. The highest BCUT2D eigenvalue weighted by Gasteiger charge is 2.18. The van der Waals surface area contributed by atoms with Crippen molar-refractivity contribution in [1.82, 2.24) is 5.32 Å². The Kier molecular flexibility index (Phi) is 5.87. The van der Waals surface area contributed by atoms with Gasteiger partial charge in [0, 0.05) is 6.42 Å². The number of hydrogen-bond donors (Lipinski definition) is 3. The molecule has 0 aliphatic heterocycles. The standard InChI is InChI=1S/C9H17NO4/c1-6(2)3-4-8(12)10-7(5-11)9(13)14/h6-7,11H,3-5H2,1-2H3,(H,10,12)(H,13,14). The summed E-state index contributed by atoms with van der Waals surface area (Å²) in [5.74, 6) is -1.15. The number of nitrogens with one attached hydrogen (secondary N) is 1. The van der Waals surface area contributed by atoms with Crippen molar-refractivity contribution in [2.45, 2.75) is 32.7 Å². The van der Waals surface area contributed by atoms with Crippen LogP contribution in [0.2, 0.25) is 0 Å². The van der Waals surface area contributed by atoms with E-state index in [2.05, 4.69) is 5.32 Å². The fourth-order valence-electron chi connectivity index (χ4n) is 0.872. The maximum Gasteiger partial charge on any atom is 0.328 e. The van der Waals surface area contributed by atoms with Gasteiger partial charge in [-0.1, -0.05) is 13.8 Å². The Hall–Kier alpha value is -1.10. The normalized spacial score (nSPS) is 12.6. The average molecular weight is 203 g/mol. The molecule has 0 aliphatic carbocycles. The Balaban J connectivity index is 3.85. The molecule has 1 unspecified atom stereocenters. The van der Waals surface area contributed by atoms with Gasteiger partial charge in [-0.05, 0) is 12.3 Å². The van der Waals surface area contributed by atoms with Crippen LogP contribution in [-0.2, 0) is 9.59 Å². The highest BCUT2D eigenvalue weighted by molar-refractivity contribution is 5.83. The number of carboxylic acid groups (broad SMARTS) is 1. The molecule has 0 aromatic carbocycles. The largest absolute Gasteiger partial charge is 0.480 e. The summed E-state index contributed by atoms with van der Waals surface area (Å²) in [4.78, 5) is 21.6. The fourth-order valence-corrected chi connectivity index (χ4v) is 0.872. The van der Waals surface area contributed by atoms with Gasteiger partial charge < -0.3 is 15.5 Å². The van der Waals surface area contributed by atoms with Crippen LogP contribution in [0.3, 0.4) is 0 Å². The Labute approximate surface area is 83.1 Å². The average Bonchev–Trinajstić information content (AvgIpc) is 2.10. The van der Waals surface area contributed by atoms with Gasteiger partial charge in [-0.2, -0.15) is 0 Å². The summed E-state index contributed by atoms with van der Waals surface area (Å²) in [5.41, 5.74) is 0. The van der Waals surface area contributed by atoms with Gasteiger partial charge in [0.2, 0.25) is 5.91 Å². The first-order valence-corrected chi connectivity index (χ1v) is 4.60. The number of aliphatic carboxylic acids is 1. The third kappa shape index (κ3) is 5.53. The molecule has 0 saturated heterocycles. The summed E-state index contributed by atoms with van der Waals surface area (Å²) in [6.07, 6.45) is 1.01. The molecular weight excluding hydrogens is 186 g/mol. The lowest BCUT2D eigenvalue weighted by Gasteiger charge is -2.11. The summed E-state index contributed by atoms with van der Waals surface area (Å²) in [7, 11) is 0. The molecule has 0 aliphatic rings. The van der Waals surface area contributed by atoms with Crippen LogP contribution in [0.4, 0.5) is 0 Å². The van der Waals surface area contributed by atoms with Gasteiger partial charge in [-0.25, -0.2) is 4.79 Å². The maximum absolute atomic E-state index is 11.1. The zero-order valence-electron chi connectivity index (χ0n) is 8.49. The van der Waals surface area contributed by atoms with Crippen molar-refractivity contribution < 1.29 is 19.8 Å². The van der Waals surface area contributed by atoms with Crippen LogP contribution in [0.5, 0.6) is 0 Å². The van der Waals surface area contributed by atoms with Gasteiger partial charge in [0.15, 0.2) is 0 Å². The van der Waals surface area contributed by atoms with Gasteiger partial charge in [-0.15, -0.1) is 0 Å². The number of carboxylic acids is 1. The number of hydrogen-bond acceptors (Lipinski definition) is 3. The predicted molar refractivity (Wildman–Crippen MR) is 50.7 cm³/mol. The van der Waals surface area contributed by atoms with Crippen LogP contribution in [0.25, 0.3) is 0 Å². The van der Waals surface area contributed by atoms with E-state index in [1.54, 1.807) is 0 Å². The summed E-state index contributed by atoms with van der Waals surface area (Å²) in [5, 5.41) is 19.4. The molecule has 0 aromatic rings. The quantitative estimate of drug-likeness (QED) is 0.566. The minimum atomic E-state index is -1.22. The molecule has 0 spiro atoms. The van der Waals surface area contributed by atoms with Crippen LogP contribution in [0.1, 0.15) is 26.7 Å². The molecular formula is C9H17NO4. The lowest BCUT2D eigenvalue weighted by atomic mass is 10.1. The molecule has 0 rings (SSSR count). The van der Waals surface area contributed by atoms with Gasteiger partial charge in [0.25, 0.3) is 0 Å². The van der Waals surface area contributed by atoms with E-state index in [0.29, 0.717) is 18.8 Å². The van der Waals surface area contributed by atoms with Crippen molar-refractivity contribution in [1.29, 1.82) is 0 Å². The molecule has 5 heteroatoms. The fraction of sp³-hybridized carbons (Fsp3) is 0.778. The first kappa shape index (κ1) is 12.9. The second-order valence-electron chi connectivity index (χ2n) is 3.57. The Morgan fingerprint density at radius 2 is 1.93 bits per heavy atom. The SMILES string of the molecule is CC(C)CCC(=O)NC(CO)C(=O)O. The zero-order chi connectivity index (χ0) is 11.1.